The third kappa shape index (κ3) is 5.67. The monoisotopic (exact) mass is 162 g/mol. The fourth-order valence-corrected chi connectivity index (χ4v) is 0.793. The third-order valence-electron chi connectivity index (χ3n) is 0.607. The van der Waals surface area contributed by atoms with E-state index in [2.05, 4.69) is 6.58 Å². The smallest absolute Gasteiger partial charge is 0.0417 e. The highest BCUT2D eigenvalue weighted by atomic mass is 35.5. The predicted octanol–water partition coefficient (Wildman–Crippen LogP) is 3.44. The Balaban J connectivity index is 4.00. The molecule has 0 unspecified atom stereocenters. The van der Waals surface area contributed by atoms with Crippen LogP contribution in [0, 0.1) is 0 Å². The number of rotatable bonds is 2. The first kappa shape index (κ1) is 8.80. The van der Waals surface area contributed by atoms with Crippen LogP contribution in [0.25, 0.3) is 0 Å². The van der Waals surface area contributed by atoms with Crippen LogP contribution < -0.4 is 0 Å². The second-order valence-electron chi connectivity index (χ2n) is 1.67. The van der Waals surface area contributed by atoms with Crippen LogP contribution in [0.15, 0.2) is 34.9 Å². The molecule has 2 heteroatoms. The van der Waals surface area contributed by atoms with Gasteiger partial charge in [-0.3, -0.25) is 0 Å². The lowest BCUT2D eigenvalue weighted by Crippen LogP contribution is -1.64. The zero-order valence-electron chi connectivity index (χ0n) is 5.20. The van der Waals surface area contributed by atoms with Crippen molar-refractivity contribution in [1.29, 1.82) is 0 Å². The first-order valence-corrected chi connectivity index (χ1v) is 3.27. The highest BCUT2D eigenvalue weighted by molar-refractivity contribution is 6.33. The van der Waals surface area contributed by atoms with Crippen molar-refractivity contribution in [2.24, 2.45) is 0 Å². The molecular weight excluding hydrogens is 155 g/mol. The van der Waals surface area contributed by atoms with E-state index in [0.717, 1.165) is 5.57 Å². The number of hydrogen-bond donors (Lipinski definition) is 0. The number of hydrogen-bond acceptors (Lipinski definition) is 0. The van der Waals surface area contributed by atoms with Gasteiger partial charge in [-0.15, -0.1) is 0 Å². The van der Waals surface area contributed by atoms with Gasteiger partial charge in [0.05, 0.1) is 0 Å². The molecule has 0 aliphatic rings. The predicted molar refractivity (Wildman–Crippen MR) is 43.7 cm³/mol. The van der Waals surface area contributed by atoms with Gasteiger partial charge in [0.15, 0.2) is 0 Å². The molecule has 0 aromatic heterocycles. The number of allylic oxidation sites excluding steroid dienone is 4. The van der Waals surface area contributed by atoms with Crippen LogP contribution in [0.3, 0.4) is 0 Å². The summed E-state index contributed by atoms with van der Waals surface area (Å²) in [7, 11) is 0. The summed E-state index contributed by atoms with van der Waals surface area (Å²) in [5.74, 6) is 0. The lowest BCUT2D eigenvalue weighted by Gasteiger charge is -1.86. The standard InChI is InChI=1S/C7H8Cl2/c1-6(2)5-7(9)3-4-8/h3-5H,1H2,2H3/b4-3+,7-5+. The van der Waals surface area contributed by atoms with E-state index in [9.17, 15) is 0 Å². The zero-order chi connectivity index (χ0) is 7.28. The minimum Gasteiger partial charge on any atom is -0.0961 e. The molecule has 0 nitrogen and oxygen atoms in total. The lowest BCUT2D eigenvalue weighted by atomic mass is 10.3. The Morgan fingerprint density at radius 3 is 2.44 bits per heavy atom. The molecule has 0 rings (SSSR count). The van der Waals surface area contributed by atoms with E-state index in [1.807, 2.05) is 6.92 Å². The molecule has 0 aliphatic heterocycles. The summed E-state index contributed by atoms with van der Waals surface area (Å²) in [6.45, 7) is 5.51. The van der Waals surface area contributed by atoms with Crippen molar-refractivity contribution in [1.82, 2.24) is 0 Å². The summed E-state index contributed by atoms with van der Waals surface area (Å²) in [5.41, 5.74) is 2.27. The van der Waals surface area contributed by atoms with Gasteiger partial charge in [-0.05, 0) is 19.1 Å². The molecule has 0 N–H and O–H groups in total. The molecule has 0 aromatic carbocycles. The average Bonchev–Trinajstić information content (AvgIpc) is 1.63. The summed E-state index contributed by atoms with van der Waals surface area (Å²) < 4.78 is 0. The van der Waals surface area contributed by atoms with E-state index in [1.54, 1.807) is 12.2 Å². The summed E-state index contributed by atoms with van der Waals surface area (Å²) in [4.78, 5) is 0. The molecule has 0 saturated carbocycles. The summed E-state index contributed by atoms with van der Waals surface area (Å²) in [6, 6.07) is 0. The van der Waals surface area contributed by atoms with Gasteiger partial charge in [0, 0.05) is 10.6 Å². The van der Waals surface area contributed by atoms with Crippen LogP contribution in [-0.4, -0.2) is 0 Å². The maximum atomic E-state index is 5.60. The van der Waals surface area contributed by atoms with Crippen molar-refractivity contribution < 1.29 is 0 Å². The van der Waals surface area contributed by atoms with E-state index < -0.39 is 0 Å². The summed E-state index contributed by atoms with van der Waals surface area (Å²) in [5, 5.41) is 0.595. The molecule has 0 bridgehead atoms. The van der Waals surface area contributed by atoms with Crippen LogP contribution >= 0.6 is 23.2 Å². The third-order valence-corrected chi connectivity index (χ3v) is 0.968. The molecular formula is C7H8Cl2. The molecule has 0 spiro atoms. The molecule has 9 heavy (non-hydrogen) atoms. The topological polar surface area (TPSA) is 0 Å². The fourth-order valence-electron chi connectivity index (χ4n) is 0.344. The second kappa shape index (κ2) is 4.66. The summed E-state index contributed by atoms with van der Waals surface area (Å²) in [6.07, 6.45) is 3.33. The van der Waals surface area contributed by atoms with E-state index >= 15 is 0 Å². The largest absolute Gasteiger partial charge is 0.0961 e. The Morgan fingerprint density at radius 2 is 2.11 bits per heavy atom. The highest BCUT2D eigenvalue weighted by Gasteiger charge is 1.81. The first-order valence-electron chi connectivity index (χ1n) is 2.46. The minimum absolute atomic E-state index is 0.595. The van der Waals surface area contributed by atoms with E-state index in [4.69, 9.17) is 23.2 Å². The van der Waals surface area contributed by atoms with Crippen molar-refractivity contribution in [3.8, 4) is 0 Å². The van der Waals surface area contributed by atoms with Crippen LogP contribution in [0.4, 0.5) is 0 Å². The Hall–Kier alpha value is -0.200. The quantitative estimate of drug-likeness (QED) is 0.547. The van der Waals surface area contributed by atoms with Gasteiger partial charge in [-0.1, -0.05) is 35.4 Å². The molecule has 0 radical (unpaired) electrons. The van der Waals surface area contributed by atoms with Gasteiger partial charge in [-0.25, -0.2) is 0 Å². The maximum Gasteiger partial charge on any atom is 0.0417 e. The van der Waals surface area contributed by atoms with Crippen molar-refractivity contribution in [2.75, 3.05) is 0 Å². The first-order chi connectivity index (χ1) is 4.16. The van der Waals surface area contributed by atoms with Crippen LogP contribution in [0.2, 0.25) is 0 Å². The Kier molecular flexibility index (Phi) is 4.55. The van der Waals surface area contributed by atoms with Gasteiger partial charge >= 0.3 is 0 Å². The molecule has 0 saturated heterocycles. The normalized spacial score (nSPS) is 12.6. The minimum atomic E-state index is 0.595. The van der Waals surface area contributed by atoms with Gasteiger partial charge in [-0.2, -0.15) is 0 Å². The highest BCUT2D eigenvalue weighted by Crippen LogP contribution is 2.06. The Morgan fingerprint density at radius 1 is 1.56 bits per heavy atom. The lowest BCUT2D eigenvalue weighted by molar-refractivity contribution is 1.55. The van der Waals surface area contributed by atoms with Gasteiger partial charge in [0.2, 0.25) is 0 Å². The second-order valence-corrected chi connectivity index (χ2v) is 2.36. The Bertz CT molecular complexity index is 154. The Labute approximate surface area is 65.5 Å². The molecule has 0 fully saturated rings. The SMILES string of the molecule is C=C(C)/C=C(Cl)\C=C\Cl. The van der Waals surface area contributed by atoms with Crippen molar-refractivity contribution >= 4 is 23.2 Å². The average molecular weight is 163 g/mol. The fraction of sp³-hybridized carbons (Fsp3) is 0.143. The zero-order valence-corrected chi connectivity index (χ0v) is 6.71. The maximum absolute atomic E-state index is 5.60. The van der Waals surface area contributed by atoms with Gasteiger partial charge < -0.3 is 0 Å². The van der Waals surface area contributed by atoms with Crippen LogP contribution in [0.5, 0.6) is 0 Å². The molecule has 50 valence electrons. The molecule has 0 aromatic rings. The van der Waals surface area contributed by atoms with Crippen molar-refractivity contribution in [3.63, 3.8) is 0 Å². The molecule has 0 aliphatic carbocycles. The molecule has 0 atom stereocenters. The molecule has 0 heterocycles. The van der Waals surface area contributed by atoms with Crippen molar-refractivity contribution in [2.45, 2.75) is 6.92 Å². The van der Waals surface area contributed by atoms with E-state index in [-0.39, 0.29) is 0 Å². The van der Waals surface area contributed by atoms with Crippen LogP contribution in [-0.2, 0) is 0 Å². The molecule has 0 amide bonds. The van der Waals surface area contributed by atoms with Gasteiger partial charge in [0.1, 0.15) is 0 Å². The van der Waals surface area contributed by atoms with E-state index in [1.165, 1.54) is 5.54 Å². The van der Waals surface area contributed by atoms with Crippen molar-refractivity contribution in [3.05, 3.63) is 34.9 Å². The van der Waals surface area contributed by atoms with Gasteiger partial charge in [0.25, 0.3) is 0 Å². The van der Waals surface area contributed by atoms with Crippen LogP contribution in [0.1, 0.15) is 6.92 Å². The number of halogens is 2. The summed E-state index contributed by atoms with van der Waals surface area (Å²) >= 11 is 10.8. The van der Waals surface area contributed by atoms with E-state index in [0.29, 0.717) is 5.03 Å².